The van der Waals surface area contributed by atoms with E-state index >= 15 is 0 Å². The van der Waals surface area contributed by atoms with E-state index in [1.165, 1.54) is 4.57 Å². The Hall–Kier alpha value is -4.16. The molecule has 0 unspecified atom stereocenters. The van der Waals surface area contributed by atoms with Gasteiger partial charge in [0.25, 0.3) is 6.43 Å². The number of fused-ring (bicyclic) bond motifs is 1. The van der Waals surface area contributed by atoms with Gasteiger partial charge in [0.15, 0.2) is 5.82 Å². The van der Waals surface area contributed by atoms with Gasteiger partial charge in [-0.3, -0.25) is 9.36 Å². The van der Waals surface area contributed by atoms with Crippen LogP contribution in [0, 0.1) is 0 Å². The summed E-state index contributed by atoms with van der Waals surface area (Å²) in [7, 11) is 3.93. The maximum absolute atomic E-state index is 14.2. The lowest BCUT2D eigenvalue weighted by molar-refractivity contribution is -0.132. The van der Waals surface area contributed by atoms with Gasteiger partial charge in [0, 0.05) is 38.8 Å². The molecule has 1 N–H and O–H groups in total. The third-order valence-electron chi connectivity index (χ3n) is 7.11. The highest BCUT2D eigenvalue weighted by Gasteiger charge is 2.26. The standard InChI is InChI=1S/C30H36F2N8O2/c1-21(29(41)39(14-13-37(2)3)20-22-9-5-4-6-10-22)33-30-35-25(38-15-17-42-18-16-38)19-26(36-30)40-24-12-8-7-11-23(24)34-28(40)27(31)32/h4-12,19,21,27H,13-18,20H2,1-3H3,(H,33,35,36)/t21-/m0/s1. The van der Waals surface area contributed by atoms with E-state index in [0.29, 0.717) is 62.8 Å². The lowest BCUT2D eigenvalue weighted by atomic mass is 10.2. The van der Waals surface area contributed by atoms with Gasteiger partial charge in [-0.2, -0.15) is 9.97 Å². The number of carbonyl (C=O) groups excluding carboxylic acids is 1. The first kappa shape index (κ1) is 29.3. The summed E-state index contributed by atoms with van der Waals surface area (Å²) in [5.74, 6) is 0.434. The highest BCUT2D eigenvalue weighted by atomic mass is 19.3. The number of carbonyl (C=O) groups is 1. The van der Waals surface area contributed by atoms with Crippen LogP contribution in [0.15, 0.2) is 60.7 Å². The number of anilines is 2. The van der Waals surface area contributed by atoms with Gasteiger partial charge in [-0.05, 0) is 38.7 Å². The van der Waals surface area contributed by atoms with Crippen LogP contribution < -0.4 is 10.2 Å². The molecule has 0 bridgehead atoms. The van der Waals surface area contributed by atoms with Crippen molar-refractivity contribution < 1.29 is 18.3 Å². The van der Waals surface area contributed by atoms with Gasteiger partial charge >= 0.3 is 0 Å². The Morgan fingerprint density at radius 2 is 1.67 bits per heavy atom. The van der Waals surface area contributed by atoms with E-state index in [2.05, 4.69) is 15.3 Å². The molecule has 1 aliphatic heterocycles. The molecule has 5 rings (SSSR count). The fourth-order valence-electron chi connectivity index (χ4n) is 4.91. The number of benzene rings is 2. The highest BCUT2D eigenvalue weighted by molar-refractivity contribution is 5.84. The Morgan fingerprint density at radius 3 is 2.38 bits per heavy atom. The first-order chi connectivity index (χ1) is 20.3. The van der Waals surface area contributed by atoms with Crippen LogP contribution in [0.25, 0.3) is 16.9 Å². The van der Waals surface area contributed by atoms with E-state index in [4.69, 9.17) is 9.72 Å². The summed E-state index contributed by atoms with van der Waals surface area (Å²) in [6, 6.07) is 17.8. The number of amides is 1. The second-order valence-electron chi connectivity index (χ2n) is 10.5. The molecule has 0 spiro atoms. The molecule has 1 fully saturated rings. The van der Waals surface area contributed by atoms with Gasteiger partial charge in [0.1, 0.15) is 17.7 Å². The van der Waals surface area contributed by atoms with Crippen molar-refractivity contribution in [3.8, 4) is 5.82 Å². The van der Waals surface area contributed by atoms with Crippen LogP contribution in [0.5, 0.6) is 0 Å². The number of imidazole rings is 1. The minimum absolute atomic E-state index is 0.121. The van der Waals surface area contributed by atoms with Crippen molar-refractivity contribution in [2.75, 3.05) is 63.7 Å². The second-order valence-corrected chi connectivity index (χ2v) is 10.5. The molecule has 3 heterocycles. The van der Waals surface area contributed by atoms with Gasteiger partial charge in [-0.1, -0.05) is 42.5 Å². The zero-order chi connectivity index (χ0) is 29.6. The average Bonchev–Trinajstić information content (AvgIpc) is 3.40. The Morgan fingerprint density at radius 1 is 0.976 bits per heavy atom. The topological polar surface area (TPSA) is 91.6 Å². The molecule has 2 aromatic heterocycles. The number of morpholine rings is 1. The maximum atomic E-state index is 14.2. The van der Waals surface area contributed by atoms with E-state index < -0.39 is 18.3 Å². The Kier molecular flexibility index (Phi) is 9.23. The molecule has 0 saturated carbocycles. The molecule has 10 nitrogen and oxygen atoms in total. The van der Waals surface area contributed by atoms with Crippen LogP contribution in [0.1, 0.15) is 24.7 Å². The largest absolute Gasteiger partial charge is 0.378 e. The number of ether oxygens (including phenoxy) is 1. The fourth-order valence-corrected chi connectivity index (χ4v) is 4.91. The molecule has 1 amide bonds. The third-order valence-corrected chi connectivity index (χ3v) is 7.11. The number of para-hydroxylation sites is 2. The second kappa shape index (κ2) is 13.2. The van der Waals surface area contributed by atoms with Crippen molar-refractivity contribution in [3.05, 3.63) is 72.1 Å². The zero-order valence-electron chi connectivity index (χ0n) is 24.1. The summed E-state index contributed by atoms with van der Waals surface area (Å²) >= 11 is 0. The molecule has 12 heteroatoms. The fraction of sp³-hybridized carbons (Fsp3) is 0.400. The van der Waals surface area contributed by atoms with Gasteiger partial charge in [0.05, 0.1) is 24.2 Å². The summed E-state index contributed by atoms with van der Waals surface area (Å²) in [5, 5.41) is 3.17. The molecule has 4 aromatic rings. The van der Waals surface area contributed by atoms with Crippen molar-refractivity contribution >= 4 is 28.7 Å². The molecule has 2 aromatic carbocycles. The van der Waals surface area contributed by atoms with Crippen LogP contribution in [0.4, 0.5) is 20.5 Å². The van der Waals surface area contributed by atoms with Crippen LogP contribution in [0.2, 0.25) is 0 Å². The Labute approximate surface area is 243 Å². The number of hydrogen-bond donors (Lipinski definition) is 1. The first-order valence-electron chi connectivity index (χ1n) is 14.0. The minimum Gasteiger partial charge on any atom is -0.378 e. The Balaban J connectivity index is 1.49. The van der Waals surface area contributed by atoms with Gasteiger partial charge in [-0.15, -0.1) is 0 Å². The summed E-state index contributed by atoms with van der Waals surface area (Å²) < 4.78 is 35.3. The molecule has 0 aliphatic carbocycles. The Bertz CT molecular complexity index is 1490. The van der Waals surface area contributed by atoms with Crippen LogP contribution in [0.3, 0.4) is 0 Å². The quantitative estimate of drug-likeness (QED) is 0.286. The summed E-state index contributed by atoms with van der Waals surface area (Å²) in [4.78, 5) is 33.1. The zero-order valence-corrected chi connectivity index (χ0v) is 24.1. The SMILES string of the molecule is C[C@H](Nc1nc(N2CCOCC2)cc(-n2c(C(F)F)nc3ccccc32)n1)C(=O)N(CCN(C)C)Cc1ccccc1. The monoisotopic (exact) mass is 578 g/mol. The molecule has 1 saturated heterocycles. The van der Waals surface area contributed by atoms with Gasteiger partial charge in [-0.25, -0.2) is 13.8 Å². The average molecular weight is 579 g/mol. The summed E-state index contributed by atoms with van der Waals surface area (Å²) in [6.07, 6.45) is -2.82. The molecule has 1 atom stereocenters. The molecular weight excluding hydrogens is 542 g/mol. The number of likely N-dealkylation sites (N-methyl/N-ethyl adjacent to an activating group) is 1. The number of hydrogen-bond acceptors (Lipinski definition) is 8. The normalized spacial score (nSPS) is 14.5. The number of aromatic nitrogens is 4. The predicted octanol–water partition coefficient (Wildman–Crippen LogP) is 3.98. The molecule has 0 radical (unpaired) electrons. The van der Waals surface area contributed by atoms with E-state index in [1.807, 2.05) is 54.2 Å². The van der Waals surface area contributed by atoms with Crippen LogP contribution >= 0.6 is 0 Å². The summed E-state index contributed by atoms with van der Waals surface area (Å²) in [5.41, 5.74) is 1.97. The molecular formula is C30H36F2N8O2. The third kappa shape index (κ3) is 6.82. The van der Waals surface area contributed by atoms with Crippen LogP contribution in [-0.2, 0) is 16.1 Å². The number of rotatable bonds is 11. The maximum Gasteiger partial charge on any atom is 0.296 e. The number of nitrogens with zero attached hydrogens (tertiary/aromatic N) is 7. The van der Waals surface area contributed by atoms with E-state index in [0.717, 1.165) is 5.56 Å². The van der Waals surface area contributed by atoms with E-state index in [-0.39, 0.29) is 17.7 Å². The first-order valence-corrected chi connectivity index (χ1v) is 14.0. The van der Waals surface area contributed by atoms with E-state index in [1.54, 1.807) is 42.2 Å². The molecule has 42 heavy (non-hydrogen) atoms. The van der Waals surface area contributed by atoms with Crippen molar-refractivity contribution in [1.82, 2.24) is 29.3 Å². The van der Waals surface area contributed by atoms with Crippen molar-refractivity contribution in [2.45, 2.75) is 25.9 Å². The number of halogens is 2. The van der Waals surface area contributed by atoms with Crippen molar-refractivity contribution in [1.29, 1.82) is 0 Å². The predicted molar refractivity (Wildman–Crippen MR) is 158 cm³/mol. The molecule has 222 valence electrons. The van der Waals surface area contributed by atoms with Gasteiger partial charge in [0.2, 0.25) is 11.9 Å². The minimum atomic E-state index is -2.82. The highest BCUT2D eigenvalue weighted by Crippen LogP contribution is 2.29. The smallest absolute Gasteiger partial charge is 0.296 e. The number of nitrogens with one attached hydrogen (secondary N) is 1. The number of alkyl halides is 2. The van der Waals surface area contributed by atoms with Crippen molar-refractivity contribution in [2.24, 2.45) is 0 Å². The lowest BCUT2D eigenvalue weighted by Crippen LogP contribution is -2.44. The van der Waals surface area contributed by atoms with Crippen LogP contribution in [-0.4, -0.2) is 94.8 Å². The van der Waals surface area contributed by atoms with Crippen molar-refractivity contribution in [3.63, 3.8) is 0 Å². The molecule has 1 aliphatic rings. The van der Waals surface area contributed by atoms with Gasteiger partial charge < -0.3 is 24.8 Å². The lowest BCUT2D eigenvalue weighted by Gasteiger charge is -2.29. The van der Waals surface area contributed by atoms with E-state index in [9.17, 15) is 13.6 Å². The summed E-state index contributed by atoms with van der Waals surface area (Å²) in [6.45, 7) is 5.67.